The van der Waals surface area contributed by atoms with Crippen molar-refractivity contribution in [3.63, 3.8) is 0 Å². The van der Waals surface area contributed by atoms with Gasteiger partial charge in [0, 0.05) is 11.8 Å². The molecule has 0 bridgehead atoms. The fourth-order valence-corrected chi connectivity index (χ4v) is 1.27. The lowest BCUT2D eigenvalue weighted by atomic mass is 10.1. The van der Waals surface area contributed by atoms with E-state index in [-0.39, 0.29) is 0 Å². The van der Waals surface area contributed by atoms with Crippen molar-refractivity contribution in [3.8, 4) is 0 Å². The van der Waals surface area contributed by atoms with Crippen molar-refractivity contribution in [1.82, 2.24) is 0 Å². The van der Waals surface area contributed by atoms with Crippen molar-refractivity contribution in [2.45, 2.75) is 6.92 Å². The van der Waals surface area contributed by atoms with Gasteiger partial charge in [0.2, 0.25) is 0 Å². The third-order valence-corrected chi connectivity index (χ3v) is 1.87. The van der Waals surface area contributed by atoms with E-state index in [0.717, 1.165) is 5.69 Å². The van der Waals surface area contributed by atoms with Gasteiger partial charge in [-0.2, -0.15) is 0 Å². The van der Waals surface area contributed by atoms with Crippen molar-refractivity contribution in [2.24, 2.45) is 4.99 Å². The van der Waals surface area contributed by atoms with E-state index >= 15 is 0 Å². The van der Waals surface area contributed by atoms with Gasteiger partial charge in [-0.3, -0.25) is 4.99 Å². The van der Waals surface area contributed by atoms with Crippen LogP contribution in [0.25, 0.3) is 5.57 Å². The standard InChI is InChI=1S/C10H9N/c1-2-8-7-11-10-6-4-3-5-9(8)10/h2-7H,1H3/b8-2+. The monoisotopic (exact) mass is 143 g/mol. The van der Waals surface area contributed by atoms with Crippen molar-refractivity contribution in [2.75, 3.05) is 0 Å². The van der Waals surface area contributed by atoms with E-state index < -0.39 is 0 Å². The van der Waals surface area contributed by atoms with E-state index in [4.69, 9.17) is 0 Å². The van der Waals surface area contributed by atoms with Crippen molar-refractivity contribution >= 4 is 17.5 Å². The molecule has 1 heteroatoms. The highest BCUT2D eigenvalue weighted by molar-refractivity contribution is 6.16. The first-order chi connectivity index (χ1) is 5.42. The summed E-state index contributed by atoms with van der Waals surface area (Å²) < 4.78 is 0. The van der Waals surface area contributed by atoms with E-state index in [1.165, 1.54) is 11.1 Å². The summed E-state index contributed by atoms with van der Waals surface area (Å²) in [4.78, 5) is 4.26. The molecule has 1 heterocycles. The van der Waals surface area contributed by atoms with Crippen LogP contribution in [0.5, 0.6) is 0 Å². The molecule has 0 N–H and O–H groups in total. The Balaban J connectivity index is 2.63. The molecule has 1 nitrogen and oxygen atoms in total. The highest BCUT2D eigenvalue weighted by atomic mass is 14.7. The van der Waals surface area contributed by atoms with E-state index in [2.05, 4.69) is 17.1 Å². The smallest absolute Gasteiger partial charge is 0.0708 e. The second-order valence-electron chi connectivity index (χ2n) is 2.52. The van der Waals surface area contributed by atoms with Crippen LogP contribution in [0.2, 0.25) is 0 Å². The molecule has 1 aromatic rings. The molecule has 0 atom stereocenters. The molecule has 2 rings (SSSR count). The Morgan fingerprint density at radius 2 is 2.09 bits per heavy atom. The average Bonchev–Trinajstić information content (AvgIpc) is 2.47. The van der Waals surface area contributed by atoms with Crippen LogP contribution in [0.1, 0.15) is 12.5 Å². The van der Waals surface area contributed by atoms with Gasteiger partial charge in [-0.05, 0) is 18.6 Å². The normalized spacial score (nSPS) is 17.4. The lowest BCUT2D eigenvalue weighted by molar-refractivity contribution is 1.55. The molecule has 0 radical (unpaired) electrons. The van der Waals surface area contributed by atoms with Crippen LogP contribution in [-0.4, -0.2) is 6.21 Å². The molecule has 1 aliphatic rings. The second-order valence-corrected chi connectivity index (χ2v) is 2.52. The number of para-hydroxylation sites is 1. The Morgan fingerprint density at radius 1 is 1.27 bits per heavy atom. The Kier molecular flexibility index (Phi) is 1.35. The minimum Gasteiger partial charge on any atom is -0.256 e. The molecule has 0 fully saturated rings. The number of rotatable bonds is 0. The summed E-state index contributed by atoms with van der Waals surface area (Å²) >= 11 is 0. The van der Waals surface area contributed by atoms with Crippen LogP contribution in [0.4, 0.5) is 5.69 Å². The number of nitrogens with zero attached hydrogens (tertiary/aromatic N) is 1. The number of aliphatic imine (C=N–C) groups is 1. The molecule has 11 heavy (non-hydrogen) atoms. The molecule has 54 valence electrons. The van der Waals surface area contributed by atoms with Crippen molar-refractivity contribution in [3.05, 3.63) is 35.9 Å². The highest BCUT2D eigenvalue weighted by Crippen LogP contribution is 2.30. The van der Waals surface area contributed by atoms with Crippen LogP contribution in [0.3, 0.4) is 0 Å². The highest BCUT2D eigenvalue weighted by Gasteiger charge is 2.08. The fraction of sp³-hybridized carbons (Fsp3) is 0.100. The van der Waals surface area contributed by atoms with Gasteiger partial charge in [-0.25, -0.2) is 0 Å². The van der Waals surface area contributed by atoms with Crippen LogP contribution in [0, 0.1) is 0 Å². The third kappa shape index (κ3) is 0.891. The number of allylic oxidation sites excluding steroid dienone is 2. The summed E-state index contributed by atoms with van der Waals surface area (Å²) in [7, 11) is 0. The minimum atomic E-state index is 1.08. The first-order valence-electron chi connectivity index (χ1n) is 3.71. The molecule has 0 saturated heterocycles. The Hall–Kier alpha value is -1.37. The lowest BCUT2D eigenvalue weighted by Crippen LogP contribution is -1.76. The summed E-state index contributed by atoms with van der Waals surface area (Å²) in [6, 6.07) is 8.17. The van der Waals surface area contributed by atoms with Gasteiger partial charge in [0.05, 0.1) is 5.69 Å². The van der Waals surface area contributed by atoms with E-state index in [0.29, 0.717) is 0 Å². The predicted molar refractivity (Wildman–Crippen MR) is 48.2 cm³/mol. The number of hydrogen-bond donors (Lipinski definition) is 0. The molecule has 1 aromatic carbocycles. The molecule has 0 aromatic heterocycles. The van der Waals surface area contributed by atoms with E-state index in [9.17, 15) is 0 Å². The molecule has 0 unspecified atom stereocenters. The zero-order valence-corrected chi connectivity index (χ0v) is 6.41. The summed E-state index contributed by atoms with van der Waals surface area (Å²) in [6.45, 7) is 2.03. The summed E-state index contributed by atoms with van der Waals surface area (Å²) in [5.74, 6) is 0. The third-order valence-electron chi connectivity index (χ3n) is 1.87. The van der Waals surface area contributed by atoms with Gasteiger partial charge in [-0.15, -0.1) is 0 Å². The summed E-state index contributed by atoms with van der Waals surface area (Å²) in [6.07, 6.45) is 3.99. The van der Waals surface area contributed by atoms with Crippen LogP contribution < -0.4 is 0 Å². The zero-order chi connectivity index (χ0) is 7.68. The lowest BCUT2D eigenvalue weighted by Gasteiger charge is -1.95. The molecule has 0 spiro atoms. The second kappa shape index (κ2) is 2.35. The first-order valence-corrected chi connectivity index (χ1v) is 3.71. The first kappa shape index (κ1) is 6.35. The SMILES string of the molecule is C/C=C1\C=Nc2ccccc21. The maximum absolute atomic E-state index is 4.26. The Bertz CT molecular complexity index is 334. The number of hydrogen-bond acceptors (Lipinski definition) is 1. The fourth-order valence-electron chi connectivity index (χ4n) is 1.27. The summed E-state index contributed by atoms with van der Waals surface area (Å²) in [5, 5.41) is 0. The maximum atomic E-state index is 4.26. The van der Waals surface area contributed by atoms with Gasteiger partial charge < -0.3 is 0 Å². The van der Waals surface area contributed by atoms with Gasteiger partial charge in [0.15, 0.2) is 0 Å². The molecule has 1 aliphatic heterocycles. The quantitative estimate of drug-likeness (QED) is 0.529. The predicted octanol–water partition coefficient (Wildman–Crippen LogP) is 2.81. The molecule has 0 aliphatic carbocycles. The van der Waals surface area contributed by atoms with Gasteiger partial charge in [0.1, 0.15) is 0 Å². The molecule has 0 amide bonds. The minimum absolute atomic E-state index is 1.08. The maximum Gasteiger partial charge on any atom is 0.0708 e. The van der Waals surface area contributed by atoms with Gasteiger partial charge in [-0.1, -0.05) is 24.3 Å². The van der Waals surface area contributed by atoms with Gasteiger partial charge >= 0.3 is 0 Å². The van der Waals surface area contributed by atoms with E-state index in [1.807, 2.05) is 31.3 Å². The van der Waals surface area contributed by atoms with Gasteiger partial charge in [0.25, 0.3) is 0 Å². The van der Waals surface area contributed by atoms with E-state index in [1.54, 1.807) is 0 Å². The topological polar surface area (TPSA) is 12.4 Å². The zero-order valence-electron chi connectivity index (χ0n) is 6.41. The Morgan fingerprint density at radius 3 is 2.91 bits per heavy atom. The molecular formula is C10H9N. The van der Waals surface area contributed by atoms with Crippen molar-refractivity contribution < 1.29 is 0 Å². The largest absolute Gasteiger partial charge is 0.256 e. The van der Waals surface area contributed by atoms with Crippen molar-refractivity contribution in [1.29, 1.82) is 0 Å². The van der Waals surface area contributed by atoms with Crippen LogP contribution in [0.15, 0.2) is 35.3 Å². The summed E-state index contributed by atoms with van der Waals surface area (Å²) in [5.41, 5.74) is 3.55. The number of benzene rings is 1. The van der Waals surface area contributed by atoms with Crippen LogP contribution in [-0.2, 0) is 0 Å². The molecule has 0 saturated carbocycles. The number of fused-ring (bicyclic) bond motifs is 1. The average molecular weight is 143 g/mol. The molecular weight excluding hydrogens is 134 g/mol. The van der Waals surface area contributed by atoms with Crippen LogP contribution >= 0.6 is 0 Å². The Labute approximate surface area is 66.1 Å².